The molecule has 33 heavy (non-hydrogen) atoms. The van der Waals surface area contributed by atoms with Crippen molar-refractivity contribution in [3.05, 3.63) is 62.4 Å². The summed E-state index contributed by atoms with van der Waals surface area (Å²) in [4.78, 5) is 37.6. The number of carbonyl (C=O) groups excluding carboxylic acids is 1. The van der Waals surface area contributed by atoms with E-state index in [2.05, 4.69) is 14.8 Å². The fraction of sp³-hybridized carbons (Fsp3) is 0.450. The van der Waals surface area contributed by atoms with Crippen LogP contribution < -0.4 is 20.9 Å². The topological polar surface area (TPSA) is 147 Å². The Morgan fingerprint density at radius 3 is 2.67 bits per heavy atom. The molecule has 1 aromatic heterocycles. The van der Waals surface area contributed by atoms with Crippen LogP contribution in [0.1, 0.15) is 24.3 Å². The Hall–Kier alpha value is -2.76. The molecule has 0 radical (unpaired) electrons. The predicted molar refractivity (Wildman–Crippen MR) is 116 cm³/mol. The van der Waals surface area contributed by atoms with Crippen LogP contribution in [-0.2, 0) is 28.1 Å². The summed E-state index contributed by atoms with van der Waals surface area (Å²) in [6.45, 7) is 4.55. The molecule has 1 aliphatic heterocycles. The monoisotopic (exact) mass is 483 g/mol. The van der Waals surface area contributed by atoms with Crippen molar-refractivity contribution in [1.29, 1.82) is 0 Å². The van der Waals surface area contributed by atoms with Crippen molar-refractivity contribution in [2.75, 3.05) is 20.3 Å². The first-order valence-electron chi connectivity index (χ1n) is 10.1. The Morgan fingerprint density at radius 2 is 2.00 bits per heavy atom. The van der Waals surface area contributed by atoms with Crippen LogP contribution in [0.5, 0.6) is 5.75 Å². The summed E-state index contributed by atoms with van der Waals surface area (Å²) < 4.78 is 41.4. The second kappa shape index (κ2) is 10.4. The number of aromatic amines is 1. The Kier molecular flexibility index (Phi) is 7.88. The van der Waals surface area contributed by atoms with Crippen molar-refractivity contribution >= 4 is 13.7 Å². The van der Waals surface area contributed by atoms with Crippen LogP contribution in [0.3, 0.4) is 0 Å². The smallest absolute Gasteiger partial charge is 0.459 e. The number of hydrogen-bond acceptors (Lipinski definition) is 9. The highest BCUT2D eigenvalue weighted by Crippen LogP contribution is 2.45. The van der Waals surface area contributed by atoms with Crippen LogP contribution in [0.2, 0.25) is 0 Å². The third-order valence-electron chi connectivity index (χ3n) is 4.72. The molecular weight excluding hydrogens is 457 g/mol. The third kappa shape index (κ3) is 6.40. The minimum Gasteiger partial charge on any atom is -0.468 e. The van der Waals surface area contributed by atoms with Crippen LogP contribution in [0, 0.1) is 13.8 Å². The van der Waals surface area contributed by atoms with Crippen LogP contribution in [0.25, 0.3) is 0 Å². The molecule has 1 aliphatic rings. The average Bonchev–Trinajstić information content (AvgIpc) is 3.25. The second-order valence-corrected chi connectivity index (χ2v) is 9.10. The fourth-order valence-corrected chi connectivity index (χ4v) is 4.41. The molecule has 1 saturated heterocycles. The molecule has 1 aromatic carbocycles. The SMILES string of the molecule is COC(=O)[C@H](C)NP(=O)(OC[C@@H]1OC[C@H](n2cc(C)c(=O)[nH]c2=O)O1)Oc1ccc(C)cc1. The number of methoxy groups -OCH3 is 1. The number of carbonyl (C=O) groups is 1. The van der Waals surface area contributed by atoms with Crippen molar-refractivity contribution in [1.82, 2.24) is 14.6 Å². The predicted octanol–water partition coefficient (Wildman–Crippen LogP) is 1.38. The van der Waals surface area contributed by atoms with Gasteiger partial charge in [0.15, 0.2) is 12.5 Å². The van der Waals surface area contributed by atoms with Crippen LogP contribution in [0.4, 0.5) is 0 Å². The van der Waals surface area contributed by atoms with Crippen molar-refractivity contribution in [2.45, 2.75) is 39.3 Å². The van der Waals surface area contributed by atoms with Crippen LogP contribution in [0.15, 0.2) is 40.1 Å². The van der Waals surface area contributed by atoms with Gasteiger partial charge in [-0.3, -0.25) is 23.7 Å². The number of esters is 1. The van der Waals surface area contributed by atoms with E-state index < -0.39 is 43.5 Å². The largest absolute Gasteiger partial charge is 0.468 e. The molecule has 0 amide bonds. The molecule has 2 aromatic rings. The van der Waals surface area contributed by atoms with E-state index in [1.807, 2.05) is 6.92 Å². The number of ether oxygens (including phenoxy) is 3. The number of aromatic nitrogens is 2. The molecule has 4 atom stereocenters. The lowest BCUT2D eigenvalue weighted by Crippen LogP contribution is -2.35. The lowest BCUT2D eigenvalue weighted by molar-refractivity contribution is -0.142. The van der Waals surface area contributed by atoms with Crippen molar-refractivity contribution < 1.29 is 32.6 Å². The number of aryl methyl sites for hydroxylation is 2. The Labute approximate surface area is 189 Å². The van der Waals surface area contributed by atoms with E-state index in [9.17, 15) is 18.9 Å². The van der Waals surface area contributed by atoms with Gasteiger partial charge in [-0.2, -0.15) is 5.09 Å². The maximum absolute atomic E-state index is 13.4. The lowest BCUT2D eigenvalue weighted by atomic mass is 10.2. The van der Waals surface area contributed by atoms with Crippen LogP contribution in [-0.4, -0.2) is 48.2 Å². The molecule has 0 aliphatic carbocycles. The summed E-state index contributed by atoms with van der Waals surface area (Å²) in [7, 11) is -2.87. The molecular formula is C20H26N3O9P. The zero-order valence-corrected chi connectivity index (χ0v) is 19.5. The minimum absolute atomic E-state index is 0.00543. The quantitative estimate of drug-likeness (QED) is 0.396. The molecule has 3 rings (SSSR count). The Bertz CT molecular complexity index is 1140. The number of hydrogen-bond donors (Lipinski definition) is 2. The highest BCUT2D eigenvalue weighted by Gasteiger charge is 2.36. The summed E-state index contributed by atoms with van der Waals surface area (Å²) in [6.07, 6.45) is -0.441. The normalized spacial score (nSPS) is 20.7. The highest BCUT2D eigenvalue weighted by atomic mass is 31.2. The first-order valence-corrected chi connectivity index (χ1v) is 11.6. The van der Waals surface area contributed by atoms with Crippen molar-refractivity contribution in [2.24, 2.45) is 0 Å². The molecule has 2 heterocycles. The van der Waals surface area contributed by atoms with E-state index >= 15 is 0 Å². The van der Waals surface area contributed by atoms with Gasteiger partial charge in [0.1, 0.15) is 18.4 Å². The van der Waals surface area contributed by atoms with E-state index in [-0.39, 0.29) is 19.0 Å². The Morgan fingerprint density at radius 1 is 1.30 bits per heavy atom. The minimum atomic E-state index is -4.07. The fourth-order valence-electron chi connectivity index (χ4n) is 2.93. The maximum atomic E-state index is 13.4. The Balaban J connectivity index is 1.70. The standard InChI is InChI=1S/C20H26N3O9P/c1-12-5-7-15(8-6-12)32-33(27,22-14(3)19(25)28-4)30-11-17-29-10-16(31-17)23-9-13(2)18(24)21-20(23)26/h5-9,14,16-17H,10-11H2,1-4H3,(H,22,27)(H,21,24,26)/t14-,16+,17+,33?/m0/s1. The van der Waals surface area contributed by atoms with Crippen molar-refractivity contribution in [3.8, 4) is 5.75 Å². The van der Waals surface area contributed by atoms with Gasteiger partial charge >= 0.3 is 19.4 Å². The number of H-pyrrole nitrogens is 1. The maximum Gasteiger partial charge on any atom is 0.459 e. The van der Waals surface area contributed by atoms with E-state index in [1.165, 1.54) is 24.8 Å². The van der Waals surface area contributed by atoms with Gasteiger partial charge in [-0.05, 0) is 32.9 Å². The van der Waals surface area contributed by atoms with E-state index in [1.54, 1.807) is 31.2 Å². The summed E-state index contributed by atoms with van der Waals surface area (Å²) in [5.41, 5.74) is 0.160. The van der Waals surface area contributed by atoms with E-state index in [4.69, 9.17) is 18.5 Å². The summed E-state index contributed by atoms with van der Waals surface area (Å²) in [5, 5.41) is 2.53. The molecule has 12 nitrogen and oxygen atoms in total. The zero-order chi connectivity index (χ0) is 24.2. The second-order valence-electron chi connectivity index (χ2n) is 7.40. The van der Waals surface area contributed by atoms with Crippen molar-refractivity contribution in [3.63, 3.8) is 0 Å². The van der Waals surface area contributed by atoms with Gasteiger partial charge in [-0.25, -0.2) is 9.36 Å². The molecule has 2 N–H and O–H groups in total. The zero-order valence-electron chi connectivity index (χ0n) is 18.6. The summed E-state index contributed by atoms with van der Waals surface area (Å²) >= 11 is 0. The number of rotatable bonds is 9. The summed E-state index contributed by atoms with van der Waals surface area (Å²) in [6, 6.07) is 5.76. The van der Waals surface area contributed by atoms with E-state index in [0.717, 1.165) is 5.56 Å². The van der Waals surface area contributed by atoms with Gasteiger partial charge in [-0.15, -0.1) is 0 Å². The number of benzene rings is 1. The molecule has 180 valence electrons. The van der Waals surface area contributed by atoms with E-state index in [0.29, 0.717) is 5.56 Å². The molecule has 0 bridgehead atoms. The summed E-state index contributed by atoms with van der Waals surface area (Å²) in [5.74, 6) is -0.400. The third-order valence-corrected chi connectivity index (χ3v) is 6.37. The van der Waals surface area contributed by atoms with Gasteiger partial charge in [0, 0.05) is 11.8 Å². The van der Waals surface area contributed by atoms with Gasteiger partial charge in [0.05, 0.1) is 13.7 Å². The van der Waals surface area contributed by atoms with Gasteiger partial charge in [0.2, 0.25) is 0 Å². The number of nitrogens with zero attached hydrogens (tertiary/aromatic N) is 1. The molecule has 0 spiro atoms. The number of nitrogens with one attached hydrogen (secondary N) is 2. The first-order chi connectivity index (χ1) is 15.6. The van der Waals surface area contributed by atoms with Crippen LogP contribution >= 0.6 is 7.75 Å². The lowest BCUT2D eigenvalue weighted by Gasteiger charge is -2.23. The first kappa shape index (κ1) is 24.9. The van der Waals surface area contributed by atoms with Gasteiger partial charge in [-0.1, -0.05) is 17.7 Å². The van der Waals surface area contributed by atoms with Gasteiger partial charge in [0.25, 0.3) is 5.56 Å². The molecule has 0 saturated carbocycles. The van der Waals surface area contributed by atoms with Gasteiger partial charge < -0.3 is 18.7 Å². The average molecular weight is 483 g/mol. The molecule has 13 heteroatoms. The highest BCUT2D eigenvalue weighted by molar-refractivity contribution is 7.52. The molecule has 1 fully saturated rings. The molecule has 1 unspecified atom stereocenters.